The van der Waals surface area contributed by atoms with E-state index in [1.807, 2.05) is 23.5 Å². The molecule has 0 bridgehead atoms. The molecule has 284 valence electrons. The third-order valence-electron chi connectivity index (χ3n) is 11.9. The third kappa shape index (κ3) is 6.16. The number of fused-ring (bicyclic) bond motifs is 8. The largest absolute Gasteiger partial charge is 0.247 e. The summed E-state index contributed by atoms with van der Waals surface area (Å²) in [6.45, 7) is 0. The Morgan fingerprint density at radius 2 is 0.869 bits per heavy atom. The standard InChI is InChI=1S/C57H35N3S/c1-3-13-36(14-4-1)37-23-29-41(30-24-37)57-59-51(38-15-5-2-6-16-38)35-52(60-57)39-25-27-40(28-26-39)55-54-47-21-11-12-22-53(47)61-56(54)49-34-43(31-32-50(49)58-55)48-33-42-17-7-8-18-44(42)45-19-9-10-20-46(45)48/h1-35H. The number of nitrogens with zero attached hydrogens (tertiary/aromatic N) is 3. The maximum Gasteiger partial charge on any atom is 0.160 e. The van der Waals surface area contributed by atoms with Crippen molar-refractivity contribution in [2.45, 2.75) is 0 Å². The predicted molar refractivity (Wildman–Crippen MR) is 258 cm³/mol. The van der Waals surface area contributed by atoms with Gasteiger partial charge in [0.25, 0.3) is 0 Å². The smallest absolute Gasteiger partial charge is 0.160 e. The zero-order chi connectivity index (χ0) is 40.3. The Kier molecular flexibility index (Phi) is 8.36. The summed E-state index contributed by atoms with van der Waals surface area (Å²) in [5.74, 6) is 0.693. The second-order valence-electron chi connectivity index (χ2n) is 15.5. The van der Waals surface area contributed by atoms with Crippen LogP contribution in [0.2, 0.25) is 0 Å². The highest BCUT2D eigenvalue weighted by atomic mass is 32.1. The first-order valence-corrected chi connectivity index (χ1v) is 21.4. The first-order valence-electron chi connectivity index (χ1n) is 20.6. The second-order valence-corrected chi connectivity index (χ2v) is 16.6. The predicted octanol–water partition coefficient (Wildman–Crippen LogP) is 15.7. The van der Waals surface area contributed by atoms with E-state index >= 15 is 0 Å². The SMILES string of the molecule is c1ccc(-c2ccc(-c3nc(-c4ccccc4)cc(-c4ccc(-c5nc6ccc(-c7cc8ccccc8c8ccccc78)cc6c6sc7ccccc7c56)cc4)n3)cc2)cc1. The maximum absolute atomic E-state index is 5.46. The Hall–Kier alpha value is -7.79. The van der Waals surface area contributed by atoms with Crippen LogP contribution in [0.3, 0.4) is 0 Å². The van der Waals surface area contributed by atoms with Crippen LogP contribution in [0.25, 0.3) is 120 Å². The van der Waals surface area contributed by atoms with E-state index in [0.717, 1.165) is 50.4 Å². The summed E-state index contributed by atoms with van der Waals surface area (Å²) < 4.78 is 2.51. The lowest BCUT2D eigenvalue weighted by molar-refractivity contribution is 1.18. The van der Waals surface area contributed by atoms with Crippen LogP contribution in [0.5, 0.6) is 0 Å². The van der Waals surface area contributed by atoms with Crippen LogP contribution in [0.1, 0.15) is 0 Å². The average molecular weight is 794 g/mol. The Balaban J connectivity index is 0.977. The van der Waals surface area contributed by atoms with Crippen molar-refractivity contribution >= 4 is 64.0 Å². The van der Waals surface area contributed by atoms with Gasteiger partial charge in [0.1, 0.15) is 0 Å². The fourth-order valence-corrected chi connectivity index (χ4v) is 10.1. The number of rotatable bonds is 6. The van der Waals surface area contributed by atoms with Gasteiger partial charge in [0.15, 0.2) is 5.82 Å². The van der Waals surface area contributed by atoms with Crippen molar-refractivity contribution in [1.29, 1.82) is 0 Å². The number of thiophene rings is 1. The van der Waals surface area contributed by atoms with E-state index in [2.05, 4.69) is 200 Å². The summed E-state index contributed by atoms with van der Waals surface area (Å²) in [5, 5.41) is 8.63. The molecule has 4 heteroatoms. The molecule has 61 heavy (non-hydrogen) atoms. The molecule has 0 saturated carbocycles. The second kappa shape index (κ2) is 14.5. The van der Waals surface area contributed by atoms with E-state index in [0.29, 0.717) is 5.82 Å². The molecule has 0 aliphatic rings. The molecular formula is C57H35N3S. The first-order chi connectivity index (χ1) is 30.2. The van der Waals surface area contributed by atoms with E-state index < -0.39 is 0 Å². The Bertz CT molecular complexity index is 3610. The summed E-state index contributed by atoms with van der Waals surface area (Å²) in [7, 11) is 0. The van der Waals surface area contributed by atoms with Gasteiger partial charge in [-0.3, -0.25) is 0 Å². The van der Waals surface area contributed by atoms with Crippen LogP contribution < -0.4 is 0 Å². The molecule has 0 atom stereocenters. The van der Waals surface area contributed by atoms with Gasteiger partial charge in [-0.15, -0.1) is 11.3 Å². The fourth-order valence-electron chi connectivity index (χ4n) is 8.85. The molecule has 0 aliphatic carbocycles. The highest BCUT2D eigenvalue weighted by Crippen LogP contribution is 2.45. The van der Waals surface area contributed by atoms with E-state index in [1.54, 1.807) is 0 Å². The Morgan fingerprint density at radius 3 is 1.62 bits per heavy atom. The minimum absolute atomic E-state index is 0.693. The molecule has 0 unspecified atom stereocenters. The maximum atomic E-state index is 5.46. The number of benzene rings is 9. The van der Waals surface area contributed by atoms with E-state index in [-0.39, 0.29) is 0 Å². The molecule has 12 aromatic rings. The Labute approximate surface area is 356 Å². The third-order valence-corrected chi connectivity index (χ3v) is 13.1. The van der Waals surface area contributed by atoms with Gasteiger partial charge in [-0.2, -0.15) is 0 Å². The van der Waals surface area contributed by atoms with Crippen LogP contribution in [-0.2, 0) is 0 Å². The minimum atomic E-state index is 0.693. The fraction of sp³-hybridized carbons (Fsp3) is 0. The van der Waals surface area contributed by atoms with Gasteiger partial charge in [-0.1, -0.05) is 182 Å². The summed E-state index contributed by atoms with van der Waals surface area (Å²) in [6, 6.07) is 75.5. The zero-order valence-corrected chi connectivity index (χ0v) is 33.8. The molecule has 3 heterocycles. The molecule has 0 amide bonds. The van der Waals surface area contributed by atoms with E-state index in [4.69, 9.17) is 15.0 Å². The minimum Gasteiger partial charge on any atom is -0.247 e. The van der Waals surface area contributed by atoms with Gasteiger partial charge in [-0.05, 0) is 74.1 Å². The van der Waals surface area contributed by atoms with Crippen molar-refractivity contribution in [3.05, 3.63) is 212 Å². The van der Waals surface area contributed by atoms with Gasteiger partial charge < -0.3 is 0 Å². The highest BCUT2D eigenvalue weighted by Gasteiger charge is 2.19. The van der Waals surface area contributed by atoms with Gasteiger partial charge in [0.2, 0.25) is 0 Å². The van der Waals surface area contributed by atoms with Crippen molar-refractivity contribution in [2.75, 3.05) is 0 Å². The topological polar surface area (TPSA) is 38.7 Å². The monoisotopic (exact) mass is 793 g/mol. The molecule has 0 N–H and O–H groups in total. The molecule has 0 aliphatic heterocycles. The lowest BCUT2D eigenvalue weighted by atomic mass is 9.92. The van der Waals surface area contributed by atoms with Crippen molar-refractivity contribution in [3.8, 4) is 67.4 Å². The molecule has 0 saturated heterocycles. The summed E-state index contributed by atoms with van der Waals surface area (Å²) in [5.41, 5.74) is 12.6. The quantitative estimate of drug-likeness (QED) is 0.157. The normalized spacial score (nSPS) is 11.6. The first kappa shape index (κ1) is 35.2. The number of aromatic nitrogens is 3. The zero-order valence-electron chi connectivity index (χ0n) is 33.0. The van der Waals surface area contributed by atoms with Crippen LogP contribution in [-0.4, -0.2) is 15.0 Å². The lowest BCUT2D eigenvalue weighted by Crippen LogP contribution is -1.96. The number of hydrogen-bond acceptors (Lipinski definition) is 4. The van der Waals surface area contributed by atoms with Gasteiger partial charge >= 0.3 is 0 Å². The van der Waals surface area contributed by atoms with Crippen molar-refractivity contribution in [1.82, 2.24) is 15.0 Å². The summed E-state index contributed by atoms with van der Waals surface area (Å²) in [4.78, 5) is 15.7. The molecule has 9 aromatic carbocycles. The lowest BCUT2D eigenvalue weighted by Gasteiger charge is -2.13. The highest BCUT2D eigenvalue weighted by molar-refractivity contribution is 7.26. The van der Waals surface area contributed by atoms with Crippen LogP contribution in [0.15, 0.2) is 212 Å². The van der Waals surface area contributed by atoms with Crippen molar-refractivity contribution in [2.24, 2.45) is 0 Å². The molecule has 12 rings (SSSR count). The summed E-state index contributed by atoms with van der Waals surface area (Å²) >= 11 is 1.85. The summed E-state index contributed by atoms with van der Waals surface area (Å²) in [6.07, 6.45) is 0. The van der Waals surface area contributed by atoms with E-state index in [9.17, 15) is 0 Å². The molecular weight excluding hydrogens is 759 g/mol. The van der Waals surface area contributed by atoms with Crippen molar-refractivity contribution < 1.29 is 0 Å². The number of pyridine rings is 1. The molecule has 0 radical (unpaired) electrons. The molecule has 3 nitrogen and oxygen atoms in total. The van der Waals surface area contributed by atoms with E-state index in [1.165, 1.54) is 63.8 Å². The molecule has 3 aromatic heterocycles. The van der Waals surface area contributed by atoms with Crippen LogP contribution in [0, 0.1) is 0 Å². The average Bonchev–Trinajstić information content (AvgIpc) is 3.74. The van der Waals surface area contributed by atoms with Gasteiger partial charge in [0.05, 0.1) is 22.6 Å². The van der Waals surface area contributed by atoms with Crippen LogP contribution in [0.4, 0.5) is 0 Å². The Morgan fingerprint density at radius 1 is 0.328 bits per heavy atom. The van der Waals surface area contributed by atoms with Crippen molar-refractivity contribution in [3.63, 3.8) is 0 Å². The van der Waals surface area contributed by atoms with Gasteiger partial charge in [-0.25, -0.2) is 15.0 Å². The number of hydrogen-bond donors (Lipinski definition) is 0. The molecule has 0 fully saturated rings. The van der Waals surface area contributed by atoms with Crippen LogP contribution >= 0.6 is 11.3 Å². The molecule has 0 spiro atoms. The van der Waals surface area contributed by atoms with Gasteiger partial charge in [0, 0.05) is 47.8 Å².